The van der Waals surface area contributed by atoms with E-state index in [-0.39, 0.29) is 11.2 Å². The van der Waals surface area contributed by atoms with Crippen molar-refractivity contribution >= 4 is 17.4 Å². The highest BCUT2D eigenvalue weighted by Crippen LogP contribution is 2.30. The lowest BCUT2D eigenvalue weighted by Crippen LogP contribution is -2.12. The number of carbonyl (C=O) groups excluding carboxylic acids is 1. The summed E-state index contributed by atoms with van der Waals surface area (Å²) in [6.45, 7) is 14.3. The first-order chi connectivity index (χ1) is 9.69. The van der Waals surface area contributed by atoms with Gasteiger partial charge < -0.3 is 0 Å². The molecule has 1 nitrogen and oxygen atoms in total. The van der Waals surface area contributed by atoms with Crippen molar-refractivity contribution < 1.29 is 4.79 Å². The summed E-state index contributed by atoms with van der Waals surface area (Å²) in [5, 5.41) is 0.674. The fourth-order valence-electron chi connectivity index (χ4n) is 2.31. The van der Waals surface area contributed by atoms with Crippen LogP contribution in [0.2, 0.25) is 5.02 Å². The minimum absolute atomic E-state index is 0.0147. The van der Waals surface area contributed by atoms with Gasteiger partial charge in [-0.1, -0.05) is 58.0 Å². The van der Waals surface area contributed by atoms with Crippen molar-refractivity contribution in [2.45, 2.75) is 47.5 Å². The normalized spacial score (nSPS) is 12.4. The van der Waals surface area contributed by atoms with Crippen LogP contribution < -0.4 is 0 Å². The maximum Gasteiger partial charge on any atom is 0.192 e. The van der Waals surface area contributed by atoms with Gasteiger partial charge in [0.25, 0.3) is 0 Å². The van der Waals surface area contributed by atoms with Crippen molar-refractivity contribution in [2.75, 3.05) is 0 Å². The number of hydrogen-bond donors (Lipinski definition) is 0. The maximum atomic E-state index is 12.5. The summed E-state index contributed by atoms with van der Waals surface area (Å²) in [6.07, 6.45) is 5.20. The first-order valence-electron chi connectivity index (χ1n) is 7.36. The highest BCUT2D eigenvalue weighted by Gasteiger charge is 2.18. The second kappa shape index (κ2) is 7.09. The van der Waals surface area contributed by atoms with Crippen LogP contribution in [0.25, 0.3) is 0 Å². The summed E-state index contributed by atoms with van der Waals surface area (Å²) in [7, 11) is 0. The third-order valence-electron chi connectivity index (χ3n) is 3.29. The molecule has 0 aliphatic rings. The van der Waals surface area contributed by atoms with Gasteiger partial charge in [-0.05, 0) is 48.4 Å². The Labute approximate surface area is 133 Å². The van der Waals surface area contributed by atoms with Crippen LogP contribution in [-0.4, -0.2) is 5.78 Å². The number of rotatable bonds is 5. The number of allylic oxidation sites excluding steroid dienone is 3. The maximum absolute atomic E-state index is 12.5. The van der Waals surface area contributed by atoms with Gasteiger partial charge in [-0.25, -0.2) is 0 Å². The van der Waals surface area contributed by atoms with Crippen LogP contribution in [0, 0.1) is 12.3 Å². The van der Waals surface area contributed by atoms with E-state index in [2.05, 4.69) is 27.4 Å². The quantitative estimate of drug-likeness (QED) is 0.373. The fraction of sp³-hybridized carbons (Fsp3) is 0.421. The molecular weight excluding hydrogens is 280 g/mol. The van der Waals surface area contributed by atoms with E-state index in [1.807, 2.05) is 26.0 Å². The lowest BCUT2D eigenvalue weighted by atomic mass is 9.85. The Balaban J connectivity index is 3.23. The minimum Gasteiger partial charge on any atom is -0.289 e. The average Bonchev–Trinajstić information content (AvgIpc) is 2.38. The molecule has 1 aromatic carbocycles. The van der Waals surface area contributed by atoms with Crippen LogP contribution in [-0.2, 0) is 6.42 Å². The molecule has 1 rings (SSSR count). The summed E-state index contributed by atoms with van der Waals surface area (Å²) in [4.78, 5) is 12.5. The van der Waals surface area contributed by atoms with E-state index in [9.17, 15) is 4.79 Å². The van der Waals surface area contributed by atoms with Crippen molar-refractivity contribution in [3.8, 4) is 0 Å². The van der Waals surface area contributed by atoms with E-state index < -0.39 is 0 Å². The lowest BCUT2D eigenvalue weighted by molar-refractivity contribution is 0.103. The van der Waals surface area contributed by atoms with E-state index in [4.69, 9.17) is 11.6 Å². The van der Waals surface area contributed by atoms with Crippen molar-refractivity contribution in [2.24, 2.45) is 5.41 Å². The number of carbonyl (C=O) groups is 1. The van der Waals surface area contributed by atoms with Crippen LogP contribution in [0.3, 0.4) is 0 Å². The van der Waals surface area contributed by atoms with Gasteiger partial charge in [0.05, 0.1) is 0 Å². The smallest absolute Gasteiger partial charge is 0.192 e. The highest BCUT2D eigenvalue weighted by molar-refractivity contribution is 6.32. The number of halogens is 1. The number of ketones is 1. The molecule has 0 heterocycles. The van der Waals surface area contributed by atoms with Crippen LogP contribution in [0.5, 0.6) is 0 Å². The summed E-state index contributed by atoms with van der Waals surface area (Å²) < 4.78 is 0. The van der Waals surface area contributed by atoms with Gasteiger partial charge in [-0.15, -0.1) is 0 Å². The van der Waals surface area contributed by atoms with Crippen molar-refractivity contribution in [1.82, 2.24) is 0 Å². The van der Waals surface area contributed by atoms with Gasteiger partial charge in [0.1, 0.15) is 0 Å². The Kier molecular flexibility index (Phi) is 5.98. The molecule has 0 aliphatic heterocycles. The largest absolute Gasteiger partial charge is 0.289 e. The molecule has 0 aromatic heterocycles. The van der Waals surface area contributed by atoms with Gasteiger partial charge in [0.15, 0.2) is 5.78 Å². The summed E-state index contributed by atoms with van der Waals surface area (Å²) >= 11 is 6.41. The molecular formula is C19H25ClO. The molecule has 2 heteroatoms. The Morgan fingerprint density at radius 2 is 1.95 bits per heavy atom. The van der Waals surface area contributed by atoms with Crippen LogP contribution >= 0.6 is 11.6 Å². The summed E-state index contributed by atoms with van der Waals surface area (Å²) in [6, 6.07) is 3.72. The zero-order valence-electron chi connectivity index (χ0n) is 13.7. The second-order valence-electron chi connectivity index (χ2n) is 6.59. The molecule has 21 heavy (non-hydrogen) atoms. The third-order valence-corrected chi connectivity index (χ3v) is 3.63. The molecule has 0 bridgehead atoms. The molecule has 0 aliphatic carbocycles. The number of benzene rings is 1. The molecule has 0 saturated heterocycles. The van der Waals surface area contributed by atoms with Crippen molar-refractivity contribution in [1.29, 1.82) is 0 Å². The second-order valence-corrected chi connectivity index (χ2v) is 7.00. The predicted molar refractivity (Wildman–Crippen MR) is 92.2 cm³/mol. The van der Waals surface area contributed by atoms with Gasteiger partial charge >= 0.3 is 0 Å². The summed E-state index contributed by atoms with van der Waals surface area (Å²) in [5.41, 5.74) is 3.63. The molecule has 114 valence electrons. The SMILES string of the molecule is C=C/C(=C\CC)C(=O)c1cc(C)c(CC(C)(C)C)c(Cl)c1. The monoisotopic (exact) mass is 304 g/mol. The zero-order valence-corrected chi connectivity index (χ0v) is 14.5. The van der Waals surface area contributed by atoms with Crippen LogP contribution in [0.15, 0.2) is 36.4 Å². The predicted octanol–water partition coefficient (Wildman–Crippen LogP) is 5.94. The standard InChI is InChI=1S/C19H25ClO/c1-7-9-14(8-2)18(21)15-10-13(3)16(17(20)11-15)12-19(4,5)6/h8-11H,2,7,12H2,1,3-6H3/b14-9+. The fourth-order valence-corrected chi connectivity index (χ4v) is 2.65. The van der Waals surface area contributed by atoms with E-state index in [1.54, 1.807) is 12.1 Å². The molecule has 0 N–H and O–H groups in total. The molecule has 0 amide bonds. The molecule has 0 spiro atoms. The van der Waals surface area contributed by atoms with E-state index in [1.165, 1.54) is 0 Å². The van der Waals surface area contributed by atoms with Gasteiger partial charge in [0, 0.05) is 16.2 Å². The third kappa shape index (κ3) is 4.86. The van der Waals surface area contributed by atoms with Crippen molar-refractivity contribution in [3.05, 3.63) is 58.1 Å². The topological polar surface area (TPSA) is 17.1 Å². The molecule has 0 unspecified atom stereocenters. The van der Waals surface area contributed by atoms with E-state index in [0.717, 1.165) is 24.0 Å². The van der Waals surface area contributed by atoms with Gasteiger partial charge in [-0.3, -0.25) is 4.79 Å². The van der Waals surface area contributed by atoms with Gasteiger partial charge in [0.2, 0.25) is 0 Å². The Bertz CT molecular complexity index is 551. The minimum atomic E-state index is -0.0147. The number of aryl methyl sites for hydroxylation is 1. The molecule has 1 aromatic rings. The molecule has 0 saturated carbocycles. The average molecular weight is 305 g/mol. The first-order valence-corrected chi connectivity index (χ1v) is 7.73. The Morgan fingerprint density at radius 1 is 1.33 bits per heavy atom. The van der Waals surface area contributed by atoms with E-state index in [0.29, 0.717) is 16.2 Å². The lowest BCUT2D eigenvalue weighted by Gasteiger charge is -2.21. The van der Waals surface area contributed by atoms with Crippen molar-refractivity contribution in [3.63, 3.8) is 0 Å². The zero-order chi connectivity index (χ0) is 16.2. The van der Waals surface area contributed by atoms with Crippen LogP contribution in [0.4, 0.5) is 0 Å². The number of hydrogen-bond acceptors (Lipinski definition) is 1. The Hall–Kier alpha value is -1.34. The highest BCUT2D eigenvalue weighted by atomic mass is 35.5. The Morgan fingerprint density at radius 3 is 2.38 bits per heavy atom. The van der Waals surface area contributed by atoms with Gasteiger partial charge in [-0.2, -0.15) is 0 Å². The molecule has 0 radical (unpaired) electrons. The summed E-state index contributed by atoms with van der Waals surface area (Å²) in [5.74, 6) is -0.0147. The molecule has 0 atom stereocenters. The van der Waals surface area contributed by atoms with Crippen LogP contribution in [0.1, 0.15) is 55.6 Å². The molecule has 0 fully saturated rings. The van der Waals surface area contributed by atoms with E-state index >= 15 is 0 Å². The first kappa shape index (κ1) is 17.7. The number of Topliss-reactive ketones (excluding diaryl/α,β-unsaturated/α-hetero) is 1.